The second-order valence-electron chi connectivity index (χ2n) is 4.92. The summed E-state index contributed by atoms with van der Waals surface area (Å²) in [5, 5.41) is 6.98. The van der Waals surface area contributed by atoms with Gasteiger partial charge in [-0.3, -0.25) is 4.98 Å². The van der Waals surface area contributed by atoms with Gasteiger partial charge >= 0.3 is 0 Å². The number of nitrogens with one attached hydrogen (secondary N) is 1. The van der Waals surface area contributed by atoms with Crippen LogP contribution in [-0.2, 0) is 6.42 Å². The summed E-state index contributed by atoms with van der Waals surface area (Å²) in [6, 6.07) is 13.0. The Labute approximate surface area is 137 Å². The van der Waals surface area contributed by atoms with Crippen LogP contribution in [0.5, 0.6) is 0 Å². The van der Waals surface area contributed by atoms with E-state index in [-0.39, 0.29) is 0 Å². The third kappa shape index (κ3) is 3.18. The number of aromatic nitrogens is 1. The van der Waals surface area contributed by atoms with Crippen LogP contribution in [0.15, 0.2) is 52.4 Å². The third-order valence-corrected chi connectivity index (χ3v) is 5.53. The maximum Gasteiger partial charge on any atom is 0.0705 e. The van der Waals surface area contributed by atoms with Gasteiger partial charge in [0.15, 0.2) is 0 Å². The Hall–Kier alpha value is -1.23. The van der Waals surface area contributed by atoms with Crippen molar-refractivity contribution in [3.8, 4) is 0 Å². The molecule has 2 aromatic heterocycles. The van der Waals surface area contributed by atoms with Crippen molar-refractivity contribution in [2.75, 3.05) is 6.54 Å². The Morgan fingerprint density at radius 1 is 1.24 bits per heavy atom. The fourth-order valence-electron chi connectivity index (χ4n) is 2.63. The number of rotatable bonds is 5. The van der Waals surface area contributed by atoms with Gasteiger partial charge in [-0.1, -0.05) is 25.1 Å². The topological polar surface area (TPSA) is 24.9 Å². The fourth-order valence-corrected chi connectivity index (χ4v) is 4.19. The smallest absolute Gasteiger partial charge is 0.0705 e. The van der Waals surface area contributed by atoms with E-state index in [0.29, 0.717) is 6.04 Å². The van der Waals surface area contributed by atoms with E-state index in [1.165, 1.54) is 20.3 Å². The number of nitrogens with zero attached hydrogens (tertiary/aromatic N) is 1. The van der Waals surface area contributed by atoms with Gasteiger partial charge in [-0.15, -0.1) is 11.3 Å². The molecule has 2 nitrogen and oxygen atoms in total. The van der Waals surface area contributed by atoms with Crippen LogP contribution in [0.2, 0.25) is 0 Å². The first-order valence-corrected chi connectivity index (χ1v) is 8.75. The van der Waals surface area contributed by atoms with Gasteiger partial charge in [-0.25, -0.2) is 0 Å². The molecule has 0 fully saturated rings. The zero-order valence-corrected chi connectivity index (χ0v) is 14.2. The highest BCUT2D eigenvalue weighted by molar-refractivity contribution is 9.10. The van der Waals surface area contributed by atoms with Crippen molar-refractivity contribution in [3.63, 3.8) is 0 Å². The number of benzene rings is 1. The summed E-state index contributed by atoms with van der Waals surface area (Å²) >= 11 is 5.44. The summed E-state index contributed by atoms with van der Waals surface area (Å²) in [7, 11) is 0. The molecule has 0 amide bonds. The van der Waals surface area contributed by atoms with Crippen LogP contribution in [-0.4, -0.2) is 11.5 Å². The van der Waals surface area contributed by atoms with Gasteiger partial charge in [0.2, 0.25) is 0 Å². The second kappa shape index (κ2) is 6.69. The number of likely N-dealkylation sites (N-methyl/N-ethyl adjacent to an activating group) is 1. The van der Waals surface area contributed by atoms with Gasteiger partial charge in [-0.2, -0.15) is 0 Å². The van der Waals surface area contributed by atoms with E-state index in [4.69, 9.17) is 0 Å². The van der Waals surface area contributed by atoms with E-state index >= 15 is 0 Å². The van der Waals surface area contributed by atoms with Crippen molar-refractivity contribution >= 4 is 38.2 Å². The third-order valence-electron chi connectivity index (χ3n) is 3.59. The number of pyridine rings is 1. The molecule has 21 heavy (non-hydrogen) atoms. The van der Waals surface area contributed by atoms with Crippen molar-refractivity contribution in [2.24, 2.45) is 0 Å². The highest BCUT2D eigenvalue weighted by Crippen LogP contribution is 2.30. The Morgan fingerprint density at radius 2 is 2.14 bits per heavy atom. The molecule has 1 aromatic carbocycles. The number of thiophene rings is 1. The first-order chi connectivity index (χ1) is 10.3. The summed E-state index contributed by atoms with van der Waals surface area (Å²) in [6.07, 6.45) is 2.84. The van der Waals surface area contributed by atoms with Gasteiger partial charge in [0.05, 0.1) is 5.52 Å². The molecule has 108 valence electrons. The summed E-state index contributed by atoms with van der Waals surface area (Å²) in [6.45, 7) is 3.10. The van der Waals surface area contributed by atoms with E-state index in [0.717, 1.165) is 18.5 Å². The highest BCUT2D eigenvalue weighted by Gasteiger charge is 2.16. The van der Waals surface area contributed by atoms with Crippen LogP contribution in [0, 0.1) is 0 Å². The molecule has 0 aliphatic heterocycles. The van der Waals surface area contributed by atoms with Crippen molar-refractivity contribution in [2.45, 2.75) is 19.4 Å². The van der Waals surface area contributed by atoms with Gasteiger partial charge < -0.3 is 5.32 Å². The fraction of sp³-hybridized carbons (Fsp3) is 0.235. The summed E-state index contributed by atoms with van der Waals surface area (Å²) in [5.74, 6) is 0. The maximum absolute atomic E-state index is 4.46. The average molecular weight is 361 g/mol. The molecule has 4 heteroatoms. The van der Waals surface area contributed by atoms with E-state index in [1.807, 2.05) is 12.3 Å². The zero-order valence-electron chi connectivity index (χ0n) is 11.8. The van der Waals surface area contributed by atoms with E-state index in [2.05, 4.69) is 68.9 Å². The molecule has 0 bridgehead atoms. The van der Waals surface area contributed by atoms with Gasteiger partial charge in [-0.05, 0) is 51.6 Å². The molecular formula is C17H17BrN2S. The first kappa shape index (κ1) is 14.7. The Balaban J connectivity index is 2.01. The van der Waals surface area contributed by atoms with Crippen LogP contribution in [0.3, 0.4) is 0 Å². The molecule has 1 unspecified atom stereocenters. The molecule has 0 saturated heterocycles. The quantitative estimate of drug-likeness (QED) is 0.695. The lowest BCUT2D eigenvalue weighted by Crippen LogP contribution is -2.23. The summed E-state index contributed by atoms with van der Waals surface area (Å²) in [5.41, 5.74) is 2.38. The Morgan fingerprint density at radius 3 is 2.90 bits per heavy atom. The van der Waals surface area contributed by atoms with E-state index in [9.17, 15) is 0 Å². The van der Waals surface area contributed by atoms with Gasteiger partial charge in [0.1, 0.15) is 0 Å². The number of halogens is 1. The van der Waals surface area contributed by atoms with E-state index < -0.39 is 0 Å². The minimum atomic E-state index is 0.304. The molecule has 2 heterocycles. The Kier molecular flexibility index (Phi) is 4.68. The molecule has 0 radical (unpaired) electrons. The maximum atomic E-state index is 4.46. The average Bonchev–Trinajstić information content (AvgIpc) is 2.91. The minimum Gasteiger partial charge on any atom is -0.310 e. The standard InChI is InChI=1S/C17H17BrN2S/c1-2-19-16(11-17-14(18)8-10-21-17)13-5-3-7-15-12(13)6-4-9-20-15/h3-10,16,19H,2,11H2,1H3. The predicted octanol–water partition coefficient (Wildman–Crippen LogP) is 4.95. The molecule has 3 aromatic rings. The van der Waals surface area contributed by atoms with E-state index in [1.54, 1.807) is 11.3 Å². The van der Waals surface area contributed by atoms with Crippen LogP contribution in [0.1, 0.15) is 23.4 Å². The lowest BCUT2D eigenvalue weighted by molar-refractivity contribution is 0.556. The number of hydrogen-bond acceptors (Lipinski definition) is 3. The van der Waals surface area contributed by atoms with Crippen molar-refractivity contribution in [1.82, 2.24) is 10.3 Å². The Bertz CT molecular complexity index is 733. The first-order valence-electron chi connectivity index (χ1n) is 7.08. The molecule has 0 spiro atoms. The summed E-state index contributed by atoms with van der Waals surface area (Å²) in [4.78, 5) is 5.84. The molecule has 1 N–H and O–H groups in total. The van der Waals surface area contributed by atoms with Crippen LogP contribution in [0.4, 0.5) is 0 Å². The molecule has 1 atom stereocenters. The monoisotopic (exact) mass is 360 g/mol. The largest absolute Gasteiger partial charge is 0.310 e. The van der Waals surface area contributed by atoms with Crippen molar-refractivity contribution in [1.29, 1.82) is 0 Å². The zero-order chi connectivity index (χ0) is 14.7. The lowest BCUT2D eigenvalue weighted by Gasteiger charge is -2.19. The molecular weight excluding hydrogens is 344 g/mol. The van der Waals surface area contributed by atoms with Crippen LogP contribution in [0.25, 0.3) is 10.9 Å². The molecule has 0 aliphatic carbocycles. The van der Waals surface area contributed by atoms with Gasteiger partial charge in [0.25, 0.3) is 0 Å². The van der Waals surface area contributed by atoms with Crippen LogP contribution >= 0.6 is 27.3 Å². The number of hydrogen-bond donors (Lipinski definition) is 1. The predicted molar refractivity (Wildman–Crippen MR) is 93.9 cm³/mol. The van der Waals surface area contributed by atoms with Gasteiger partial charge in [0, 0.05) is 33.4 Å². The molecule has 3 rings (SSSR count). The molecule has 0 aliphatic rings. The molecule has 0 saturated carbocycles. The highest BCUT2D eigenvalue weighted by atomic mass is 79.9. The number of fused-ring (bicyclic) bond motifs is 1. The SMILES string of the molecule is CCNC(Cc1sccc1Br)c1cccc2ncccc12. The second-order valence-corrected chi connectivity index (χ2v) is 6.78. The van der Waals surface area contributed by atoms with Crippen molar-refractivity contribution < 1.29 is 0 Å². The lowest BCUT2D eigenvalue weighted by atomic mass is 9.98. The van der Waals surface area contributed by atoms with Crippen LogP contribution < -0.4 is 5.32 Å². The van der Waals surface area contributed by atoms with Crippen molar-refractivity contribution in [3.05, 3.63) is 62.9 Å². The normalized spacial score (nSPS) is 12.7. The summed E-state index contributed by atoms with van der Waals surface area (Å²) < 4.78 is 1.20. The minimum absolute atomic E-state index is 0.304.